The molecule has 0 aliphatic heterocycles. The van der Waals surface area contributed by atoms with Gasteiger partial charge in [0.25, 0.3) is 0 Å². The molecule has 0 radical (unpaired) electrons. The summed E-state index contributed by atoms with van der Waals surface area (Å²) in [6.45, 7) is 4.05. The van der Waals surface area contributed by atoms with Crippen molar-refractivity contribution in [1.82, 2.24) is 0 Å². The van der Waals surface area contributed by atoms with Gasteiger partial charge in [-0.3, -0.25) is 0 Å². The first-order valence-electron chi connectivity index (χ1n) is 5.29. The lowest BCUT2D eigenvalue weighted by atomic mass is 10.2. The molecule has 0 atom stereocenters. The normalized spacial score (nSPS) is 9.81. The Morgan fingerprint density at radius 1 is 1.44 bits per heavy atom. The Morgan fingerprint density at radius 2 is 2.25 bits per heavy atom. The Hall–Kier alpha value is -1.60. The van der Waals surface area contributed by atoms with Crippen molar-refractivity contribution in [3.8, 4) is 6.07 Å². The molecule has 0 aromatic heterocycles. The van der Waals surface area contributed by atoms with E-state index in [1.54, 1.807) is 12.1 Å². The predicted molar refractivity (Wildman–Crippen MR) is 60.7 cm³/mol. The van der Waals surface area contributed by atoms with E-state index in [1.165, 1.54) is 12.1 Å². The molecule has 4 heteroatoms. The number of halogens is 1. The molecule has 1 rings (SSSR count). The molecule has 86 valence electrons. The number of nitrogens with zero attached hydrogens (tertiary/aromatic N) is 1. The van der Waals surface area contributed by atoms with Crippen molar-refractivity contribution in [3.05, 3.63) is 29.6 Å². The molecule has 1 aromatic rings. The summed E-state index contributed by atoms with van der Waals surface area (Å²) in [4.78, 5) is 0. The summed E-state index contributed by atoms with van der Waals surface area (Å²) in [5.74, 6) is -0.490. The Bertz CT molecular complexity index is 374. The number of benzene rings is 1. The van der Waals surface area contributed by atoms with Crippen LogP contribution in [0.4, 0.5) is 10.1 Å². The van der Waals surface area contributed by atoms with Crippen LogP contribution in [0.1, 0.15) is 18.9 Å². The van der Waals surface area contributed by atoms with Gasteiger partial charge in [-0.25, -0.2) is 4.39 Å². The molecule has 0 bridgehead atoms. The van der Waals surface area contributed by atoms with Crippen molar-refractivity contribution in [2.24, 2.45) is 0 Å². The van der Waals surface area contributed by atoms with Gasteiger partial charge in [0.15, 0.2) is 0 Å². The van der Waals surface area contributed by atoms with E-state index in [9.17, 15) is 4.39 Å². The second kappa shape index (κ2) is 6.81. The summed E-state index contributed by atoms with van der Waals surface area (Å²) in [7, 11) is 0. The molecule has 16 heavy (non-hydrogen) atoms. The molecule has 0 saturated heterocycles. The summed E-state index contributed by atoms with van der Waals surface area (Å²) in [5.41, 5.74) is 0.789. The topological polar surface area (TPSA) is 45.0 Å². The standard InChI is InChI=1S/C12H15FN2O/c1-2-6-16-7-5-15-11-3-4-12(13)10(8-11)9-14/h3-4,8,15H,2,5-7H2,1H3. The van der Waals surface area contributed by atoms with Crippen LogP contribution in [0, 0.1) is 17.1 Å². The fraction of sp³-hybridized carbons (Fsp3) is 0.417. The molecule has 0 aliphatic carbocycles. The highest BCUT2D eigenvalue weighted by atomic mass is 19.1. The van der Waals surface area contributed by atoms with Crippen molar-refractivity contribution >= 4 is 5.69 Å². The molecule has 0 spiro atoms. The van der Waals surface area contributed by atoms with Crippen LogP contribution < -0.4 is 5.32 Å². The lowest BCUT2D eigenvalue weighted by molar-refractivity contribution is 0.144. The number of nitrogens with one attached hydrogen (secondary N) is 1. The maximum absolute atomic E-state index is 13.0. The number of hydrogen-bond acceptors (Lipinski definition) is 3. The Morgan fingerprint density at radius 3 is 2.94 bits per heavy atom. The van der Waals surface area contributed by atoms with E-state index < -0.39 is 5.82 Å². The quantitative estimate of drug-likeness (QED) is 0.752. The van der Waals surface area contributed by atoms with Crippen molar-refractivity contribution in [2.75, 3.05) is 25.1 Å². The van der Waals surface area contributed by atoms with Crippen molar-refractivity contribution in [2.45, 2.75) is 13.3 Å². The van der Waals surface area contributed by atoms with Gasteiger partial charge in [-0.15, -0.1) is 0 Å². The molecular weight excluding hydrogens is 207 g/mol. The SMILES string of the molecule is CCCOCCNc1ccc(F)c(C#N)c1. The van der Waals surface area contributed by atoms with Crippen LogP contribution in [-0.2, 0) is 4.74 Å². The van der Waals surface area contributed by atoms with Gasteiger partial charge in [0.05, 0.1) is 12.2 Å². The zero-order valence-electron chi connectivity index (χ0n) is 9.29. The maximum atomic E-state index is 13.0. The Labute approximate surface area is 94.8 Å². The van der Waals surface area contributed by atoms with E-state index >= 15 is 0 Å². The van der Waals surface area contributed by atoms with E-state index in [0.29, 0.717) is 13.2 Å². The van der Waals surface area contributed by atoms with Crippen molar-refractivity contribution in [1.29, 1.82) is 5.26 Å². The van der Waals surface area contributed by atoms with Crippen LogP contribution in [0.25, 0.3) is 0 Å². The fourth-order valence-corrected chi connectivity index (χ4v) is 1.23. The van der Waals surface area contributed by atoms with Gasteiger partial charge in [0, 0.05) is 18.8 Å². The minimum atomic E-state index is -0.490. The lowest BCUT2D eigenvalue weighted by Gasteiger charge is -2.07. The highest BCUT2D eigenvalue weighted by Gasteiger charge is 2.01. The van der Waals surface area contributed by atoms with E-state index in [0.717, 1.165) is 18.7 Å². The third kappa shape index (κ3) is 3.87. The zero-order valence-corrected chi connectivity index (χ0v) is 9.29. The number of nitriles is 1. The average Bonchev–Trinajstić information content (AvgIpc) is 2.31. The van der Waals surface area contributed by atoms with Gasteiger partial charge in [0.2, 0.25) is 0 Å². The van der Waals surface area contributed by atoms with Crippen LogP contribution in [-0.4, -0.2) is 19.8 Å². The van der Waals surface area contributed by atoms with E-state index in [-0.39, 0.29) is 5.56 Å². The van der Waals surface area contributed by atoms with Crippen LogP contribution in [0.3, 0.4) is 0 Å². The molecule has 1 N–H and O–H groups in total. The van der Waals surface area contributed by atoms with Crippen LogP contribution in [0.5, 0.6) is 0 Å². The number of ether oxygens (including phenoxy) is 1. The monoisotopic (exact) mass is 222 g/mol. The summed E-state index contributed by atoms with van der Waals surface area (Å²) in [6, 6.07) is 6.19. The highest BCUT2D eigenvalue weighted by Crippen LogP contribution is 2.13. The molecule has 0 aliphatic rings. The van der Waals surface area contributed by atoms with Crippen LogP contribution in [0.15, 0.2) is 18.2 Å². The first-order valence-corrected chi connectivity index (χ1v) is 5.29. The Kier molecular flexibility index (Phi) is 5.30. The van der Waals surface area contributed by atoms with E-state index in [4.69, 9.17) is 10.00 Å². The molecule has 0 unspecified atom stereocenters. The molecule has 0 amide bonds. The van der Waals surface area contributed by atoms with Crippen molar-refractivity contribution in [3.63, 3.8) is 0 Å². The first kappa shape index (κ1) is 12.5. The third-order valence-electron chi connectivity index (χ3n) is 2.01. The second-order valence-corrected chi connectivity index (χ2v) is 3.35. The number of hydrogen-bond donors (Lipinski definition) is 1. The number of anilines is 1. The van der Waals surface area contributed by atoms with Gasteiger partial charge in [-0.1, -0.05) is 6.92 Å². The molecule has 0 fully saturated rings. The third-order valence-corrected chi connectivity index (χ3v) is 2.01. The molecular formula is C12H15FN2O. The molecule has 1 aromatic carbocycles. The Balaban J connectivity index is 2.40. The van der Waals surface area contributed by atoms with Crippen LogP contribution >= 0.6 is 0 Å². The maximum Gasteiger partial charge on any atom is 0.141 e. The molecule has 0 heterocycles. The lowest BCUT2D eigenvalue weighted by Crippen LogP contribution is -2.09. The van der Waals surface area contributed by atoms with Gasteiger partial charge in [0.1, 0.15) is 11.9 Å². The highest BCUT2D eigenvalue weighted by molar-refractivity contribution is 5.49. The van der Waals surface area contributed by atoms with Gasteiger partial charge < -0.3 is 10.1 Å². The second-order valence-electron chi connectivity index (χ2n) is 3.35. The average molecular weight is 222 g/mol. The van der Waals surface area contributed by atoms with Gasteiger partial charge in [-0.05, 0) is 24.6 Å². The van der Waals surface area contributed by atoms with Crippen LogP contribution in [0.2, 0.25) is 0 Å². The summed E-state index contributed by atoms with van der Waals surface area (Å²) < 4.78 is 18.3. The number of rotatable bonds is 6. The van der Waals surface area contributed by atoms with Crippen molar-refractivity contribution < 1.29 is 9.13 Å². The molecule has 0 saturated carbocycles. The summed E-state index contributed by atoms with van der Waals surface area (Å²) in [6.07, 6.45) is 0.995. The summed E-state index contributed by atoms with van der Waals surface area (Å²) in [5, 5.41) is 11.7. The largest absolute Gasteiger partial charge is 0.383 e. The predicted octanol–water partition coefficient (Wildman–Crippen LogP) is 2.54. The fourth-order valence-electron chi connectivity index (χ4n) is 1.23. The smallest absolute Gasteiger partial charge is 0.141 e. The van der Waals surface area contributed by atoms with E-state index in [2.05, 4.69) is 5.32 Å². The molecule has 3 nitrogen and oxygen atoms in total. The first-order chi connectivity index (χ1) is 7.77. The van der Waals surface area contributed by atoms with Gasteiger partial charge >= 0.3 is 0 Å². The minimum absolute atomic E-state index is 0.0551. The minimum Gasteiger partial charge on any atom is -0.383 e. The van der Waals surface area contributed by atoms with Gasteiger partial charge in [-0.2, -0.15) is 5.26 Å². The zero-order chi connectivity index (χ0) is 11.8. The summed E-state index contributed by atoms with van der Waals surface area (Å²) >= 11 is 0. The van der Waals surface area contributed by atoms with E-state index in [1.807, 2.05) is 6.92 Å².